The quantitative estimate of drug-likeness (QED) is 0.668. The highest BCUT2D eigenvalue weighted by Crippen LogP contribution is 2.32. The van der Waals surface area contributed by atoms with E-state index in [1.54, 1.807) is 12.1 Å². The number of nitro groups is 1. The summed E-state index contributed by atoms with van der Waals surface area (Å²) in [5.41, 5.74) is -0.824. The van der Waals surface area contributed by atoms with Crippen LogP contribution in [0.1, 0.15) is 10.4 Å². The number of pyridine rings is 1. The van der Waals surface area contributed by atoms with Crippen LogP contribution in [0.2, 0.25) is 5.02 Å². The second-order valence-electron chi connectivity index (χ2n) is 3.81. The molecule has 8 heteroatoms. The number of aromatic carboxylic acids is 1. The van der Waals surface area contributed by atoms with Crippen LogP contribution in [0.3, 0.4) is 0 Å². The van der Waals surface area contributed by atoms with Gasteiger partial charge in [0.15, 0.2) is 0 Å². The van der Waals surface area contributed by atoms with Crippen molar-refractivity contribution in [1.29, 1.82) is 5.41 Å². The highest BCUT2D eigenvalue weighted by Gasteiger charge is 2.24. The Morgan fingerprint density at radius 3 is 2.60 bits per heavy atom. The normalized spacial score (nSPS) is 10.2. The number of nitrogens with zero attached hydrogens (tertiary/aromatic N) is 2. The summed E-state index contributed by atoms with van der Waals surface area (Å²) in [5.74, 6) is -1.30. The van der Waals surface area contributed by atoms with Crippen LogP contribution in [0.4, 0.5) is 5.69 Å². The molecule has 7 nitrogen and oxygen atoms in total. The second kappa shape index (κ2) is 5.14. The molecular weight excluding hydrogens is 286 g/mol. The highest BCUT2D eigenvalue weighted by molar-refractivity contribution is 6.35. The Morgan fingerprint density at radius 2 is 2.05 bits per heavy atom. The number of aromatic nitrogens is 1. The first-order valence-electron chi connectivity index (χ1n) is 5.36. The molecule has 1 heterocycles. The van der Waals surface area contributed by atoms with Gasteiger partial charge in [-0.3, -0.25) is 20.1 Å². The summed E-state index contributed by atoms with van der Waals surface area (Å²) in [5, 5.41) is 27.6. The van der Waals surface area contributed by atoms with E-state index in [4.69, 9.17) is 22.1 Å². The van der Waals surface area contributed by atoms with Gasteiger partial charge in [-0.2, -0.15) is 0 Å². The van der Waals surface area contributed by atoms with Crippen LogP contribution < -0.4 is 5.49 Å². The molecule has 0 aliphatic carbocycles. The van der Waals surface area contributed by atoms with E-state index in [-0.39, 0.29) is 27.4 Å². The summed E-state index contributed by atoms with van der Waals surface area (Å²) in [6.45, 7) is 0. The number of carbonyl (C=O) groups is 1. The predicted octanol–water partition coefficient (Wildman–Crippen LogP) is 2.22. The molecule has 0 aliphatic rings. The molecule has 0 bridgehead atoms. The third-order valence-electron chi connectivity index (χ3n) is 2.62. The van der Waals surface area contributed by atoms with Crippen molar-refractivity contribution in [1.82, 2.24) is 4.57 Å². The van der Waals surface area contributed by atoms with E-state index in [2.05, 4.69) is 0 Å². The molecule has 1 aromatic carbocycles. The minimum atomic E-state index is -1.30. The fourth-order valence-electron chi connectivity index (χ4n) is 1.73. The van der Waals surface area contributed by atoms with Gasteiger partial charge in [0.05, 0.1) is 15.5 Å². The molecular formula is C12H8ClN3O4. The van der Waals surface area contributed by atoms with Crippen molar-refractivity contribution in [3.05, 3.63) is 62.7 Å². The van der Waals surface area contributed by atoms with Crippen LogP contribution in [-0.2, 0) is 0 Å². The molecule has 0 radical (unpaired) electrons. The zero-order valence-electron chi connectivity index (χ0n) is 9.91. The molecule has 0 spiro atoms. The first kappa shape index (κ1) is 13.8. The molecule has 0 amide bonds. The van der Waals surface area contributed by atoms with E-state index in [0.29, 0.717) is 0 Å². The Labute approximate surface area is 117 Å². The predicted molar refractivity (Wildman–Crippen MR) is 70.2 cm³/mol. The molecule has 0 saturated carbocycles. The number of carboxylic acids is 1. The van der Waals surface area contributed by atoms with E-state index in [1.165, 1.54) is 12.3 Å². The van der Waals surface area contributed by atoms with Crippen LogP contribution >= 0.6 is 11.6 Å². The van der Waals surface area contributed by atoms with Crippen molar-refractivity contribution in [2.24, 2.45) is 0 Å². The second-order valence-corrected chi connectivity index (χ2v) is 4.19. The molecule has 2 aromatic rings. The molecule has 0 unspecified atom stereocenters. The van der Waals surface area contributed by atoms with Crippen molar-refractivity contribution < 1.29 is 14.8 Å². The van der Waals surface area contributed by atoms with E-state index in [1.807, 2.05) is 0 Å². The van der Waals surface area contributed by atoms with Gasteiger partial charge < -0.3 is 5.11 Å². The van der Waals surface area contributed by atoms with Crippen LogP contribution in [0.25, 0.3) is 5.69 Å². The average molecular weight is 294 g/mol. The summed E-state index contributed by atoms with van der Waals surface area (Å²) in [6.07, 6.45) is 1.40. The van der Waals surface area contributed by atoms with Gasteiger partial charge >= 0.3 is 5.97 Å². The zero-order chi connectivity index (χ0) is 14.9. The van der Waals surface area contributed by atoms with E-state index >= 15 is 0 Å². The molecule has 2 N–H and O–H groups in total. The van der Waals surface area contributed by atoms with Crippen molar-refractivity contribution in [2.75, 3.05) is 0 Å². The maximum absolute atomic E-state index is 11.1. The zero-order valence-corrected chi connectivity index (χ0v) is 10.7. The third kappa shape index (κ3) is 2.26. The molecule has 0 saturated heterocycles. The molecule has 0 fully saturated rings. The first-order valence-corrected chi connectivity index (χ1v) is 5.74. The summed E-state index contributed by atoms with van der Waals surface area (Å²) in [6, 6.07) is 6.68. The van der Waals surface area contributed by atoms with Gasteiger partial charge in [-0.1, -0.05) is 17.7 Å². The summed E-state index contributed by atoms with van der Waals surface area (Å²) < 4.78 is 1.16. The van der Waals surface area contributed by atoms with Crippen LogP contribution in [0, 0.1) is 15.5 Å². The van der Waals surface area contributed by atoms with Gasteiger partial charge in [-0.05, 0) is 18.2 Å². The van der Waals surface area contributed by atoms with Crippen molar-refractivity contribution >= 4 is 23.3 Å². The van der Waals surface area contributed by atoms with Crippen molar-refractivity contribution in [3.8, 4) is 5.69 Å². The first-order chi connectivity index (χ1) is 9.43. The van der Waals surface area contributed by atoms with Gasteiger partial charge in [0, 0.05) is 12.3 Å². The SMILES string of the molecule is N=c1ccccn1-c1c([N+](=O)[O-])ccc(C(=O)O)c1Cl. The van der Waals surface area contributed by atoms with Gasteiger partial charge in [0.25, 0.3) is 5.69 Å². The van der Waals surface area contributed by atoms with Crippen LogP contribution in [0.15, 0.2) is 36.5 Å². The fraction of sp³-hybridized carbons (Fsp3) is 0. The van der Waals surface area contributed by atoms with Gasteiger partial charge in [-0.25, -0.2) is 4.79 Å². The maximum atomic E-state index is 11.1. The molecule has 102 valence electrons. The van der Waals surface area contributed by atoms with Crippen molar-refractivity contribution in [2.45, 2.75) is 0 Å². The lowest BCUT2D eigenvalue weighted by molar-refractivity contribution is -0.384. The number of hydrogen-bond donors (Lipinski definition) is 2. The third-order valence-corrected chi connectivity index (χ3v) is 3.01. The number of benzene rings is 1. The summed E-state index contributed by atoms with van der Waals surface area (Å²) in [4.78, 5) is 21.5. The summed E-state index contributed by atoms with van der Waals surface area (Å²) in [7, 11) is 0. The number of carboxylic acid groups (broad SMARTS) is 1. The Balaban J connectivity index is 2.88. The Hall–Kier alpha value is -2.67. The van der Waals surface area contributed by atoms with Gasteiger partial charge in [-0.15, -0.1) is 0 Å². The van der Waals surface area contributed by atoms with Crippen LogP contribution in [-0.4, -0.2) is 20.6 Å². The Morgan fingerprint density at radius 1 is 1.35 bits per heavy atom. The van der Waals surface area contributed by atoms with E-state index in [0.717, 1.165) is 16.7 Å². The molecule has 1 aromatic heterocycles. The summed E-state index contributed by atoms with van der Waals surface area (Å²) >= 11 is 5.97. The largest absolute Gasteiger partial charge is 0.478 e. The lowest BCUT2D eigenvalue weighted by atomic mass is 10.1. The van der Waals surface area contributed by atoms with E-state index in [9.17, 15) is 14.9 Å². The van der Waals surface area contributed by atoms with Gasteiger partial charge in [0.2, 0.25) is 0 Å². The minimum Gasteiger partial charge on any atom is -0.478 e. The topological polar surface area (TPSA) is 109 Å². The Bertz CT molecular complexity index is 770. The highest BCUT2D eigenvalue weighted by atomic mass is 35.5. The fourth-order valence-corrected chi connectivity index (χ4v) is 2.07. The molecule has 2 rings (SSSR count). The van der Waals surface area contributed by atoms with E-state index < -0.39 is 10.9 Å². The van der Waals surface area contributed by atoms with Crippen molar-refractivity contribution in [3.63, 3.8) is 0 Å². The monoisotopic (exact) mass is 293 g/mol. The molecule has 0 atom stereocenters. The minimum absolute atomic E-state index is 0.0555. The van der Waals surface area contributed by atoms with Crippen LogP contribution in [0.5, 0.6) is 0 Å². The maximum Gasteiger partial charge on any atom is 0.337 e. The Kier molecular flexibility index (Phi) is 3.53. The number of nitrogens with one attached hydrogen (secondary N) is 1. The van der Waals surface area contributed by atoms with Gasteiger partial charge in [0.1, 0.15) is 11.2 Å². The molecule has 0 aliphatic heterocycles. The molecule has 20 heavy (non-hydrogen) atoms. The lowest BCUT2D eigenvalue weighted by Crippen LogP contribution is -2.18. The number of nitro benzene ring substituents is 1. The number of rotatable bonds is 3. The number of hydrogen-bond acceptors (Lipinski definition) is 4. The average Bonchev–Trinajstić information content (AvgIpc) is 2.38. The standard InChI is InChI=1S/C12H8ClN3O4/c13-10-7(12(17)18)4-5-8(16(19)20)11(10)15-6-2-1-3-9(15)14/h1-6,14H,(H,17,18). The lowest BCUT2D eigenvalue weighted by Gasteiger charge is -2.11. The number of halogens is 1. The smallest absolute Gasteiger partial charge is 0.337 e.